The van der Waals surface area contributed by atoms with Crippen molar-refractivity contribution < 1.29 is 9.59 Å². The first-order valence-electron chi connectivity index (χ1n) is 7.12. The Balaban J connectivity index is 1.70. The fourth-order valence-electron chi connectivity index (χ4n) is 1.76. The largest absolute Gasteiger partial charge is 0.343 e. The molecule has 2 rings (SSSR count). The van der Waals surface area contributed by atoms with Crippen LogP contribution in [0.25, 0.3) is 6.08 Å². The molecule has 2 N–H and O–H groups in total. The lowest BCUT2D eigenvalue weighted by molar-refractivity contribution is -0.120. The highest BCUT2D eigenvalue weighted by atomic mass is 16.2. The molecule has 0 aliphatic heterocycles. The average molecular weight is 307 g/mol. The summed E-state index contributed by atoms with van der Waals surface area (Å²) in [4.78, 5) is 23.3. The molecule has 0 radical (unpaired) electrons. The number of hydrogen-bond donors (Lipinski definition) is 2. The molecule has 116 valence electrons. The summed E-state index contributed by atoms with van der Waals surface area (Å²) in [5.74, 6) is -0.688. The van der Waals surface area contributed by atoms with Gasteiger partial charge < -0.3 is 5.32 Å². The van der Waals surface area contributed by atoms with Crippen molar-refractivity contribution >= 4 is 24.1 Å². The van der Waals surface area contributed by atoms with Crippen LogP contribution in [0.15, 0.2) is 71.8 Å². The van der Waals surface area contributed by atoms with Crippen molar-refractivity contribution in [2.24, 2.45) is 5.10 Å². The Hall–Kier alpha value is -3.21. The molecular weight excluding hydrogens is 290 g/mol. The fraction of sp³-hybridized carbons (Fsp3) is 0.0556. The number of benzene rings is 2. The van der Waals surface area contributed by atoms with Gasteiger partial charge in [-0.3, -0.25) is 9.59 Å². The lowest BCUT2D eigenvalue weighted by Crippen LogP contribution is -2.34. The van der Waals surface area contributed by atoms with Crippen LogP contribution in [0.2, 0.25) is 0 Å². The molecular formula is C18H17N3O2. The molecule has 5 heteroatoms. The first kappa shape index (κ1) is 16.2. The summed E-state index contributed by atoms with van der Waals surface area (Å²) < 4.78 is 0. The molecule has 2 aromatic rings. The molecule has 0 spiro atoms. The van der Waals surface area contributed by atoms with Gasteiger partial charge in [0.05, 0.1) is 6.54 Å². The molecule has 2 amide bonds. The first-order valence-corrected chi connectivity index (χ1v) is 7.12. The van der Waals surface area contributed by atoms with Gasteiger partial charge in [0, 0.05) is 11.8 Å². The minimum Gasteiger partial charge on any atom is -0.343 e. The molecule has 0 aliphatic carbocycles. The summed E-state index contributed by atoms with van der Waals surface area (Å²) >= 11 is 0. The standard InChI is InChI=1S/C18H17N3O2/c22-17(14-19-18(23)16-11-5-2-6-12-16)21-20-13-7-10-15-8-3-1-4-9-15/h1-13H,14H2,(H,19,23)(H,21,22)/b10-7+,20-13+. The number of carbonyl (C=O) groups excluding carboxylic acids is 2. The molecule has 0 aliphatic rings. The lowest BCUT2D eigenvalue weighted by atomic mass is 10.2. The van der Waals surface area contributed by atoms with E-state index in [0.717, 1.165) is 5.56 Å². The molecule has 0 bridgehead atoms. The number of nitrogens with one attached hydrogen (secondary N) is 2. The summed E-state index contributed by atoms with van der Waals surface area (Å²) in [6.45, 7) is -0.131. The van der Waals surface area contributed by atoms with Crippen LogP contribution >= 0.6 is 0 Å². The topological polar surface area (TPSA) is 70.6 Å². The highest BCUT2D eigenvalue weighted by Gasteiger charge is 2.06. The van der Waals surface area contributed by atoms with E-state index in [-0.39, 0.29) is 12.5 Å². The van der Waals surface area contributed by atoms with Gasteiger partial charge in [-0.2, -0.15) is 5.10 Å². The predicted octanol–water partition coefficient (Wildman–Crippen LogP) is 2.23. The van der Waals surface area contributed by atoms with Crippen molar-refractivity contribution in [3.05, 3.63) is 77.9 Å². The van der Waals surface area contributed by atoms with E-state index in [1.165, 1.54) is 6.21 Å². The zero-order valence-electron chi connectivity index (χ0n) is 12.5. The Morgan fingerprint density at radius 3 is 2.30 bits per heavy atom. The van der Waals surface area contributed by atoms with Crippen LogP contribution in [0, 0.1) is 0 Å². The maximum absolute atomic E-state index is 11.7. The Bertz CT molecular complexity index is 695. The number of carbonyl (C=O) groups is 2. The SMILES string of the molecule is O=C(CNC(=O)c1ccccc1)N/N=C/C=C/c1ccccc1. The van der Waals surface area contributed by atoms with E-state index in [9.17, 15) is 9.59 Å². The molecule has 5 nitrogen and oxygen atoms in total. The maximum Gasteiger partial charge on any atom is 0.259 e. The van der Waals surface area contributed by atoms with Crippen LogP contribution < -0.4 is 10.7 Å². The third-order valence-electron chi connectivity index (χ3n) is 2.88. The Labute approximate surface area is 134 Å². The third-order valence-corrected chi connectivity index (χ3v) is 2.88. The monoisotopic (exact) mass is 307 g/mol. The zero-order valence-corrected chi connectivity index (χ0v) is 12.5. The number of hydrazone groups is 1. The summed E-state index contributed by atoms with van der Waals surface area (Å²) in [6, 6.07) is 18.4. The molecule has 0 heterocycles. The Morgan fingerprint density at radius 2 is 1.61 bits per heavy atom. The quantitative estimate of drug-likeness (QED) is 0.634. The normalized spacial score (nSPS) is 10.8. The molecule has 0 aromatic heterocycles. The summed E-state index contributed by atoms with van der Waals surface area (Å²) in [5.41, 5.74) is 3.89. The fourth-order valence-corrected chi connectivity index (χ4v) is 1.76. The Kier molecular flexibility index (Phi) is 6.28. The molecule has 0 atom stereocenters. The van der Waals surface area contributed by atoms with Crippen molar-refractivity contribution in [1.82, 2.24) is 10.7 Å². The number of allylic oxidation sites excluding steroid dienone is 1. The minimum absolute atomic E-state index is 0.131. The summed E-state index contributed by atoms with van der Waals surface area (Å²) in [7, 11) is 0. The number of nitrogens with zero attached hydrogens (tertiary/aromatic N) is 1. The van der Waals surface area contributed by atoms with E-state index in [0.29, 0.717) is 5.56 Å². The smallest absolute Gasteiger partial charge is 0.259 e. The lowest BCUT2D eigenvalue weighted by Gasteiger charge is -2.03. The van der Waals surface area contributed by atoms with Gasteiger partial charge in [0.15, 0.2) is 0 Å². The highest BCUT2D eigenvalue weighted by molar-refractivity contribution is 5.96. The van der Waals surface area contributed by atoms with Crippen molar-refractivity contribution in [2.75, 3.05) is 6.54 Å². The first-order chi connectivity index (χ1) is 11.3. The van der Waals surface area contributed by atoms with E-state index >= 15 is 0 Å². The highest BCUT2D eigenvalue weighted by Crippen LogP contribution is 1.99. The predicted molar refractivity (Wildman–Crippen MR) is 90.9 cm³/mol. The second-order valence-corrected chi connectivity index (χ2v) is 4.63. The van der Waals surface area contributed by atoms with Crippen LogP contribution in [0.3, 0.4) is 0 Å². The van der Waals surface area contributed by atoms with E-state index < -0.39 is 5.91 Å². The molecule has 0 unspecified atom stereocenters. The second-order valence-electron chi connectivity index (χ2n) is 4.63. The van der Waals surface area contributed by atoms with Gasteiger partial charge in [0.1, 0.15) is 0 Å². The zero-order chi connectivity index (χ0) is 16.3. The number of hydrogen-bond acceptors (Lipinski definition) is 3. The maximum atomic E-state index is 11.7. The number of amides is 2. The molecule has 23 heavy (non-hydrogen) atoms. The molecule has 0 fully saturated rings. The summed E-state index contributed by atoms with van der Waals surface area (Å²) in [5, 5.41) is 6.30. The molecule has 0 saturated carbocycles. The minimum atomic E-state index is -0.390. The van der Waals surface area contributed by atoms with Gasteiger partial charge in [0.25, 0.3) is 11.8 Å². The van der Waals surface area contributed by atoms with Crippen molar-refractivity contribution in [3.8, 4) is 0 Å². The molecule has 2 aromatic carbocycles. The summed E-state index contributed by atoms with van der Waals surface area (Å²) in [6.07, 6.45) is 5.06. The average Bonchev–Trinajstić information content (AvgIpc) is 2.61. The van der Waals surface area contributed by atoms with E-state index in [1.54, 1.807) is 30.3 Å². The van der Waals surface area contributed by atoms with Gasteiger partial charge in [-0.1, -0.05) is 54.6 Å². The van der Waals surface area contributed by atoms with Crippen LogP contribution in [0.5, 0.6) is 0 Å². The number of rotatable bonds is 6. The van der Waals surface area contributed by atoms with Gasteiger partial charge in [-0.05, 0) is 23.8 Å². The van der Waals surface area contributed by atoms with Crippen LogP contribution in [-0.4, -0.2) is 24.6 Å². The van der Waals surface area contributed by atoms with E-state index in [1.807, 2.05) is 42.5 Å². The van der Waals surface area contributed by atoms with E-state index in [4.69, 9.17) is 0 Å². The van der Waals surface area contributed by atoms with Crippen molar-refractivity contribution in [1.29, 1.82) is 0 Å². The van der Waals surface area contributed by atoms with Crippen LogP contribution in [-0.2, 0) is 4.79 Å². The van der Waals surface area contributed by atoms with Gasteiger partial charge in [-0.15, -0.1) is 0 Å². The van der Waals surface area contributed by atoms with Gasteiger partial charge >= 0.3 is 0 Å². The van der Waals surface area contributed by atoms with Crippen molar-refractivity contribution in [3.63, 3.8) is 0 Å². The van der Waals surface area contributed by atoms with E-state index in [2.05, 4.69) is 15.8 Å². The Morgan fingerprint density at radius 1 is 0.957 bits per heavy atom. The van der Waals surface area contributed by atoms with Crippen LogP contribution in [0.1, 0.15) is 15.9 Å². The van der Waals surface area contributed by atoms with Gasteiger partial charge in [-0.25, -0.2) is 5.43 Å². The van der Waals surface area contributed by atoms with Crippen molar-refractivity contribution in [2.45, 2.75) is 0 Å². The second kappa shape index (κ2) is 8.94. The van der Waals surface area contributed by atoms with Crippen LogP contribution in [0.4, 0.5) is 0 Å². The molecule has 0 saturated heterocycles. The van der Waals surface area contributed by atoms with Gasteiger partial charge in [0.2, 0.25) is 0 Å². The third kappa shape index (κ3) is 5.97.